The smallest absolute Gasteiger partial charge is 0.269 e. The van der Waals surface area contributed by atoms with Gasteiger partial charge >= 0.3 is 0 Å². The minimum Gasteiger partial charge on any atom is -0.504 e. The minimum absolute atomic E-state index is 0.0840. The maximum absolute atomic E-state index is 15.2. The van der Waals surface area contributed by atoms with Crippen LogP contribution < -0.4 is 14.5 Å². The molecule has 15 heteroatoms. The number of nitro benzene ring substituents is 1. The molecule has 9 rings (SSSR count). The van der Waals surface area contributed by atoms with Gasteiger partial charge in [-0.3, -0.25) is 38.9 Å². The van der Waals surface area contributed by atoms with Crippen molar-refractivity contribution in [3.8, 4) is 22.1 Å². The number of aromatic hydroxyl groups is 1. The number of non-ortho nitro benzene ring substituents is 1. The largest absolute Gasteiger partial charge is 0.504 e. The lowest BCUT2D eigenvalue weighted by atomic mass is 9.51. The number of thiophene rings is 1. The monoisotopic (exact) mass is 805 g/mol. The molecule has 57 heavy (non-hydrogen) atoms. The van der Waals surface area contributed by atoms with Crippen LogP contribution in [0.25, 0.3) is 20.7 Å². The van der Waals surface area contributed by atoms with Crippen LogP contribution in [0.5, 0.6) is 11.5 Å². The van der Waals surface area contributed by atoms with Crippen LogP contribution in [0.3, 0.4) is 0 Å². The third-order valence-corrected chi connectivity index (χ3v) is 14.0. The van der Waals surface area contributed by atoms with Gasteiger partial charge in [0.15, 0.2) is 11.5 Å². The number of phenolic OH excluding ortho intramolecular Hbond substituents is 1. The molecule has 0 bridgehead atoms. The van der Waals surface area contributed by atoms with Gasteiger partial charge < -0.3 is 9.84 Å². The molecule has 6 unspecified atom stereocenters. The van der Waals surface area contributed by atoms with Crippen molar-refractivity contribution >= 4 is 73.8 Å². The molecule has 2 aliphatic heterocycles. The standard InChI is InChI=1S/C42H36ClN5O8S/c1-5-56-32-16-21(6-14-31(32)49)36-25-12-13-26-35(40(52)46(38(26)50)23-8-10-24(11-9-23)48(54)55)28(25)18-29-39(51)47(41(53)42(29,36)3)34-19-30(44-45(34)4)37-20(2)27-17-22(43)7-15-33(27)57-37/h6-12,14-17,19,26,28-29,35-36,49H,5,13,18H2,1-4H3. The normalized spacial score (nSPS) is 25.5. The van der Waals surface area contributed by atoms with Crippen molar-refractivity contribution in [2.75, 3.05) is 16.4 Å². The summed E-state index contributed by atoms with van der Waals surface area (Å²) in [6.07, 6.45) is 2.29. The lowest BCUT2D eigenvalue weighted by Gasteiger charge is -2.49. The molecule has 3 aromatic carbocycles. The van der Waals surface area contributed by atoms with Crippen molar-refractivity contribution in [2.45, 2.75) is 39.5 Å². The third kappa shape index (κ3) is 5.29. The fourth-order valence-corrected chi connectivity index (χ4v) is 11.1. The average molecular weight is 806 g/mol. The molecule has 290 valence electrons. The van der Waals surface area contributed by atoms with E-state index < -0.39 is 63.6 Å². The Kier molecular flexibility index (Phi) is 8.45. The summed E-state index contributed by atoms with van der Waals surface area (Å²) in [6.45, 7) is 5.84. The Morgan fingerprint density at radius 3 is 2.47 bits per heavy atom. The van der Waals surface area contributed by atoms with Crippen LogP contribution in [-0.4, -0.2) is 50.0 Å². The van der Waals surface area contributed by atoms with Crippen LogP contribution in [0, 0.1) is 46.1 Å². The van der Waals surface area contributed by atoms with E-state index in [1.807, 2.05) is 31.2 Å². The highest BCUT2D eigenvalue weighted by Gasteiger charge is 2.68. The summed E-state index contributed by atoms with van der Waals surface area (Å²) >= 11 is 7.86. The fraction of sp³-hybridized carbons (Fsp3) is 0.310. The predicted molar refractivity (Wildman–Crippen MR) is 213 cm³/mol. The molecule has 2 aliphatic carbocycles. The molecule has 1 N–H and O–H groups in total. The topological polar surface area (TPSA) is 165 Å². The molecule has 0 radical (unpaired) electrons. The molecule has 4 aliphatic rings. The van der Waals surface area contributed by atoms with Gasteiger partial charge in [-0.1, -0.05) is 29.3 Å². The molecule has 2 saturated heterocycles. The van der Waals surface area contributed by atoms with Crippen molar-refractivity contribution < 1.29 is 33.9 Å². The number of halogens is 1. The number of nitrogens with zero attached hydrogens (tertiary/aromatic N) is 5. The van der Waals surface area contributed by atoms with E-state index in [1.54, 1.807) is 50.4 Å². The number of hydrogen-bond donors (Lipinski definition) is 1. The number of nitro groups is 1. The first-order chi connectivity index (χ1) is 27.2. The second kappa shape index (κ2) is 13.1. The molecule has 2 aromatic heterocycles. The van der Waals surface area contributed by atoms with Gasteiger partial charge in [0.05, 0.1) is 45.3 Å². The van der Waals surface area contributed by atoms with Crippen LogP contribution in [0.1, 0.15) is 43.7 Å². The maximum atomic E-state index is 15.2. The maximum Gasteiger partial charge on any atom is 0.269 e. The average Bonchev–Trinajstić information content (AvgIpc) is 3.86. The van der Waals surface area contributed by atoms with Crippen molar-refractivity contribution in [2.24, 2.45) is 36.1 Å². The molecule has 5 aromatic rings. The number of fused-ring (bicyclic) bond motifs is 5. The van der Waals surface area contributed by atoms with E-state index in [4.69, 9.17) is 21.4 Å². The van der Waals surface area contributed by atoms with E-state index >= 15 is 4.79 Å². The van der Waals surface area contributed by atoms with E-state index in [2.05, 4.69) is 0 Å². The van der Waals surface area contributed by atoms with Gasteiger partial charge in [0.25, 0.3) is 5.69 Å². The van der Waals surface area contributed by atoms with E-state index in [9.17, 15) is 29.6 Å². The Labute approximate surface area is 335 Å². The number of aryl methyl sites for hydroxylation is 2. The number of hydrogen-bond acceptors (Lipinski definition) is 10. The number of imide groups is 2. The van der Waals surface area contributed by atoms with Crippen molar-refractivity contribution in [1.29, 1.82) is 0 Å². The summed E-state index contributed by atoms with van der Waals surface area (Å²) in [6, 6.07) is 17.6. The molecular formula is C42H36ClN5O8S. The predicted octanol–water partition coefficient (Wildman–Crippen LogP) is 7.71. The molecule has 6 atom stereocenters. The fourth-order valence-electron chi connectivity index (χ4n) is 9.79. The number of aromatic nitrogens is 2. The number of carbonyl (C=O) groups excluding carboxylic acids is 4. The van der Waals surface area contributed by atoms with Gasteiger partial charge in [-0.15, -0.1) is 11.3 Å². The van der Waals surface area contributed by atoms with E-state index in [-0.39, 0.29) is 42.3 Å². The van der Waals surface area contributed by atoms with E-state index in [0.29, 0.717) is 22.1 Å². The lowest BCUT2D eigenvalue weighted by molar-refractivity contribution is -0.384. The summed E-state index contributed by atoms with van der Waals surface area (Å²) in [5.74, 6) is -5.10. The number of benzene rings is 3. The zero-order chi connectivity index (χ0) is 40.2. The molecule has 13 nitrogen and oxygen atoms in total. The number of amides is 4. The Morgan fingerprint density at radius 2 is 1.75 bits per heavy atom. The van der Waals surface area contributed by atoms with Gasteiger partial charge in [0, 0.05) is 40.9 Å². The first kappa shape index (κ1) is 36.8. The zero-order valence-electron chi connectivity index (χ0n) is 31.3. The van der Waals surface area contributed by atoms with Gasteiger partial charge in [0.2, 0.25) is 23.6 Å². The molecule has 4 amide bonds. The number of phenols is 1. The first-order valence-corrected chi connectivity index (χ1v) is 19.8. The minimum atomic E-state index is -1.34. The highest BCUT2D eigenvalue weighted by molar-refractivity contribution is 7.22. The summed E-state index contributed by atoms with van der Waals surface area (Å²) in [5, 5.41) is 28.4. The number of anilines is 2. The highest BCUT2D eigenvalue weighted by atomic mass is 35.5. The number of rotatable bonds is 7. The lowest BCUT2D eigenvalue weighted by Crippen LogP contribution is -2.49. The second-order valence-electron chi connectivity index (χ2n) is 15.3. The molecule has 0 spiro atoms. The molecular weight excluding hydrogens is 770 g/mol. The first-order valence-electron chi connectivity index (χ1n) is 18.6. The Morgan fingerprint density at radius 1 is 1.00 bits per heavy atom. The van der Waals surface area contributed by atoms with E-state index in [0.717, 1.165) is 31.0 Å². The van der Waals surface area contributed by atoms with Crippen LogP contribution in [0.15, 0.2) is 78.4 Å². The Bertz CT molecular complexity index is 2630. The number of carbonyl (C=O) groups is 4. The van der Waals surface area contributed by atoms with E-state index in [1.165, 1.54) is 39.9 Å². The Balaban J connectivity index is 1.15. The summed E-state index contributed by atoms with van der Waals surface area (Å²) in [7, 11) is 1.69. The summed E-state index contributed by atoms with van der Waals surface area (Å²) in [5.41, 5.74) is 1.67. The summed E-state index contributed by atoms with van der Waals surface area (Å²) in [4.78, 5) is 72.6. The van der Waals surface area contributed by atoms with Gasteiger partial charge in [0.1, 0.15) is 11.5 Å². The van der Waals surface area contributed by atoms with Crippen LogP contribution in [0.2, 0.25) is 5.02 Å². The third-order valence-electron chi connectivity index (χ3n) is 12.4. The van der Waals surface area contributed by atoms with Crippen molar-refractivity contribution in [3.05, 3.63) is 105 Å². The van der Waals surface area contributed by atoms with Crippen molar-refractivity contribution in [1.82, 2.24) is 9.78 Å². The molecule has 3 fully saturated rings. The molecule has 1 saturated carbocycles. The molecule has 4 heterocycles. The number of ether oxygens (including phenoxy) is 1. The second-order valence-corrected chi connectivity index (χ2v) is 16.8. The van der Waals surface area contributed by atoms with Gasteiger partial charge in [-0.25, -0.2) is 4.90 Å². The summed E-state index contributed by atoms with van der Waals surface area (Å²) < 4.78 is 8.33. The van der Waals surface area contributed by atoms with Crippen LogP contribution >= 0.6 is 22.9 Å². The zero-order valence-corrected chi connectivity index (χ0v) is 32.8. The van der Waals surface area contributed by atoms with Gasteiger partial charge in [-0.2, -0.15) is 5.10 Å². The van der Waals surface area contributed by atoms with Crippen LogP contribution in [-0.2, 0) is 26.2 Å². The van der Waals surface area contributed by atoms with Crippen LogP contribution in [0.4, 0.5) is 17.2 Å². The highest BCUT2D eigenvalue weighted by Crippen LogP contribution is 2.64. The quantitative estimate of drug-likeness (QED) is 0.0751. The van der Waals surface area contributed by atoms with Gasteiger partial charge in [-0.05, 0) is 98.5 Å². The SMILES string of the molecule is CCOc1cc(C2C3=CCC4C(=O)N(c5ccc([N+](=O)[O-])cc5)C(=O)C4C3CC3C(=O)N(c4cc(-c5sc6ccc(Cl)cc6c5C)nn4C)C(=O)C32C)ccc1O. The Hall–Kier alpha value is -5.86. The number of allylic oxidation sites excluding steroid dienone is 2. The van der Waals surface area contributed by atoms with Crippen molar-refractivity contribution in [3.63, 3.8) is 0 Å².